The Hall–Kier alpha value is -1.98. The maximum absolute atomic E-state index is 14.3. The molecular weight excluding hydrogens is 288 g/mol. The second-order valence-electron chi connectivity index (χ2n) is 5.51. The molecule has 22 heavy (non-hydrogen) atoms. The van der Waals surface area contributed by atoms with Crippen LogP contribution in [0.2, 0.25) is 0 Å². The van der Waals surface area contributed by atoms with E-state index in [0.717, 1.165) is 5.56 Å². The summed E-state index contributed by atoms with van der Waals surface area (Å²) in [5, 5.41) is 10.2. The van der Waals surface area contributed by atoms with E-state index in [1.807, 2.05) is 30.3 Å². The molecule has 0 fully saturated rings. The number of hydrogen-bond donors (Lipinski definition) is 2. The number of alkyl halides is 1. The Morgan fingerprint density at radius 3 is 2.68 bits per heavy atom. The molecule has 3 N–H and O–H groups in total. The third kappa shape index (κ3) is 2.46. The maximum atomic E-state index is 14.3. The van der Waals surface area contributed by atoms with E-state index < -0.39 is 17.6 Å². The number of aliphatic hydroxyl groups is 1. The zero-order valence-corrected chi connectivity index (χ0v) is 11.9. The average molecular weight is 305 g/mol. The maximum Gasteiger partial charge on any atom is 0.138 e. The van der Waals surface area contributed by atoms with Crippen molar-refractivity contribution < 1.29 is 18.6 Å². The molecular formula is C17H17F2NO2. The van der Waals surface area contributed by atoms with Gasteiger partial charge in [-0.15, -0.1) is 0 Å². The molecule has 0 amide bonds. The van der Waals surface area contributed by atoms with Crippen molar-refractivity contribution in [1.29, 1.82) is 0 Å². The first kappa shape index (κ1) is 14.9. The molecule has 3 nitrogen and oxygen atoms in total. The molecule has 0 heterocycles. The highest BCUT2D eigenvalue weighted by Crippen LogP contribution is 2.41. The van der Waals surface area contributed by atoms with Gasteiger partial charge in [0.1, 0.15) is 29.9 Å². The van der Waals surface area contributed by atoms with Crippen LogP contribution >= 0.6 is 0 Å². The van der Waals surface area contributed by atoms with Crippen LogP contribution in [0, 0.1) is 5.82 Å². The van der Waals surface area contributed by atoms with Gasteiger partial charge >= 0.3 is 0 Å². The molecule has 3 rings (SSSR count). The van der Waals surface area contributed by atoms with E-state index >= 15 is 0 Å². The number of hydrogen-bond acceptors (Lipinski definition) is 3. The molecule has 0 bridgehead atoms. The van der Waals surface area contributed by atoms with Gasteiger partial charge in [0.15, 0.2) is 0 Å². The normalized spacial score (nSPS) is 23.4. The number of rotatable bonds is 4. The number of halogens is 2. The molecule has 0 spiro atoms. The Bertz CT molecular complexity index is 678. The lowest BCUT2D eigenvalue weighted by Gasteiger charge is -2.24. The molecule has 0 aromatic heterocycles. The summed E-state index contributed by atoms with van der Waals surface area (Å²) in [6.45, 7) is -0.0679. The highest BCUT2D eigenvalue weighted by atomic mass is 19.1. The summed E-state index contributed by atoms with van der Waals surface area (Å²) in [6, 6.07) is 12.2. The summed E-state index contributed by atoms with van der Waals surface area (Å²) < 4.78 is 33.8. The fourth-order valence-electron chi connectivity index (χ4n) is 2.85. The van der Waals surface area contributed by atoms with Gasteiger partial charge in [-0.1, -0.05) is 30.3 Å². The number of ether oxygens (including phenoxy) is 1. The van der Waals surface area contributed by atoms with E-state index in [-0.39, 0.29) is 18.5 Å². The third-order valence-corrected chi connectivity index (χ3v) is 4.06. The molecule has 0 saturated heterocycles. The zero-order chi connectivity index (χ0) is 15.7. The number of nitrogens with two attached hydrogens (primary N) is 1. The van der Waals surface area contributed by atoms with Crippen molar-refractivity contribution in [3.05, 3.63) is 65.0 Å². The molecule has 2 atom stereocenters. The molecule has 2 aromatic rings. The molecule has 0 aliphatic heterocycles. The van der Waals surface area contributed by atoms with Crippen LogP contribution in [-0.4, -0.2) is 17.8 Å². The SMILES string of the molecule is NCC1(O)c2c(F)cc(OCc3ccccc3)cc2CC1F. The van der Waals surface area contributed by atoms with Crippen molar-refractivity contribution in [3.8, 4) is 5.75 Å². The van der Waals surface area contributed by atoms with E-state index in [1.54, 1.807) is 6.07 Å². The highest BCUT2D eigenvalue weighted by molar-refractivity contribution is 5.45. The Balaban J connectivity index is 1.85. The highest BCUT2D eigenvalue weighted by Gasteiger charge is 2.47. The van der Waals surface area contributed by atoms with Gasteiger partial charge in [-0.05, 0) is 17.2 Å². The van der Waals surface area contributed by atoms with Crippen LogP contribution in [0.4, 0.5) is 8.78 Å². The molecule has 5 heteroatoms. The average Bonchev–Trinajstić information content (AvgIpc) is 2.78. The third-order valence-electron chi connectivity index (χ3n) is 4.06. The number of benzene rings is 2. The summed E-state index contributed by atoms with van der Waals surface area (Å²) in [5.74, 6) is -0.373. The van der Waals surface area contributed by atoms with Gasteiger partial charge in [-0.2, -0.15) is 0 Å². The molecule has 1 aliphatic carbocycles. The Morgan fingerprint density at radius 2 is 2.00 bits per heavy atom. The fraction of sp³-hybridized carbons (Fsp3) is 0.294. The summed E-state index contributed by atoms with van der Waals surface area (Å²) in [5.41, 5.74) is 4.79. The van der Waals surface area contributed by atoms with Crippen LogP contribution in [0.5, 0.6) is 5.75 Å². The topological polar surface area (TPSA) is 55.5 Å². The van der Waals surface area contributed by atoms with Gasteiger partial charge in [0.05, 0.1) is 0 Å². The molecule has 2 aromatic carbocycles. The number of fused-ring (bicyclic) bond motifs is 1. The lowest BCUT2D eigenvalue weighted by molar-refractivity contribution is -0.0219. The molecule has 1 aliphatic rings. The van der Waals surface area contributed by atoms with Crippen molar-refractivity contribution in [2.24, 2.45) is 5.73 Å². The van der Waals surface area contributed by atoms with E-state index in [1.165, 1.54) is 6.07 Å². The van der Waals surface area contributed by atoms with E-state index in [4.69, 9.17) is 10.5 Å². The van der Waals surface area contributed by atoms with Gasteiger partial charge < -0.3 is 15.6 Å². The molecule has 2 unspecified atom stereocenters. The predicted molar refractivity (Wildman–Crippen MR) is 78.7 cm³/mol. The van der Waals surface area contributed by atoms with Crippen molar-refractivity contribution in [3.63, 3.8) is 0 Å². The van der Waals surface area contributed by atoms with Crippen molar-refractivity contribution in [2.75, 3.05) is 6.54 Å². The zero-order valence-electron chi connectivity index (χ0n) is 11.9. The Kier molecular flexibility index (Phi) is 3.85. The quantitative estimate of drug-likeness (QED) is 0.912. The van der Waals surface area contributed by atoms with Crippen molar-refractivity contribution in [1.82, 2.24) is 0 Å². The lowest BCUT2D eigenvalue weighted by Crippen LogP contribution is -2.41. The fourth-order valence-corrected chi connectivity index (χ4v) is 2.85. The van der Waals surface area contributed by atoms with Crippen molar-refractivity contribution >= 4 is 0 Å². The minimum atomic E-state index is -1.95. The van der Waals surface area contributed by atoms with Crippen LogP contribution < -0.4 is 10.5 Å². The van der Waals surface area contributed by atoms with Crippen LogP contribution in [-0.2, 0) is 18.6 Å². The minimum absolute atomic E-state index is 0.0467. The smallest absolute Gasteiger partial charge is 0.138 e. The van der Waals surface area contributed by atoms with Gasteiger partial charge in [0, 0.05) is 24.6 Å². The standard InChI is InChI=1S/C17H17F2NO2/c18-14-8-13(22-9-11-4-2-1-3-5-11)6-12-7-15(19)17(21,10-20)16(12)14/h1-6,8,15,21H,7,9-10,20H2. The summed E-state index contributed by atoms with van der Waals surface area (Å²) in [6.07, 6.45) is -1.67. The van der Waals surface area contributed by atoms with E-state index in [0.29, 0.717) is 17.9 Å². The monoisotopic (exact) mass is 305 g/mol. The molecule has 0 saturated carbocycles. The Labute approximate surface area is 127 Å². The van der Waals surface area contributed by atoms with Gasteiger partial charge in [0.25, 0.3) is 0 Å². The first-order valence-corrected chi connectivity index (χ1v) is 7.10. The van der Waals surface area contributed by atoms with Crippen LogP contribution in [0.25, 0.3) is 0 Å². The largest absolute Gasteiger partial charge is 0.489 e. The van der Waals surface area contributed by atoms with E-state index in [9.17, 15) is 13.9 Å². The van der Waals surface area contributed by atoms with E-state index in [2.05, 4.69) is 0 Å². The molecule has 0 radical (unpaired) electrons. The predicted octanol–water partition coefficient (Wildman–Crippen LogP) is 2.45. The lowest BCUT2D eigenvalue weighted by atomic mass is 9.94. The summed E-state index contributed by atoms with van der Waals surface area (Å²) in [4.78, 5) is 0. The second kappa shape index (κ2) is 5.66. The summed E-state index contributed by atoms with van der Waals surface area (Å²) in [7, 11) is 0. The van der Waals surface area contributed by atoms with Gasteiger partial charge in [-0.3, -0.25) is 0 Å². The summed E-state index contributed by atoms with van der Waals surface area (Å²) >= 11 is 0. The van der Waals surface area contributed by atoms with Crippen LogP contribution in [0.15, 0.2) is 42.5 Å². The Morgan fingerprint density at radius 1 is 1.27 bits per heavy atom. The van der Waals surface area contributed by atoms with Crippen molar-refractivity contribution in [2.45, 2.75) is 24.8 Å². The van der Waals surface area contributed by atoms with Crippen LogP contribution in [0.3, 0.4) is 0 Å². The molecule has 116 valence electrons. The minimum Gasteiger partial charge on any atom is -0.489 e. The first-order valence-electron chi connectivity index (χ1n) is 7.10. The second-order valence-corrected chi connectivity index (χ2v) is 5.51. The van der Waals surface area contributed by atoms with Crippen LogP contribution in [0.1, 0.15) is 16.7 Å². The van der Waals surface area contributed by atoms with Gasteiger partial charge in [-0.25, -0.2) is 8.78 Å². The van der Waals surface area contributed by atoms with Gasteiger partial charge in [0.2, 0.25) is 0 Å². The first-order chi connectivity index (χ1) is 10.5.